The van der Waals surface area contributed by atoms with E-state index in [1.807, 2.05) is 34.6 Å². The maximum atomic E-state index is 12.3. The minimum Gasteiger partial charge on any atom is -0.478 e. The normalized spacial score (nSPS) is 21.5. The van der Waals surface area contributed by atoms with Gasteiger partial charge in [-0.2, -0.15) is 0 Å². The molecule has 7 heteroatoms. The Balaban J connectivity index is 2.10. The predicted octanol–water partition coefficient (Wildman–Crippen LogP) is 2.61. The minimum atomic E-state index is -0.995. The molecule has 1 fully saturated rings. The van der Waals surface area contributed by atoms with Crippen LogP contribution in [0.25, 0.3) is 0 Å². The number of carboxylic acids is 1. The first-order valence-electron chi connectivity index (χ1n) is 8.04. The van der Waals surface area contributed by atoms with E-state index < -0.39 is 11.6 Å². The Morgan fingerprint density at radius 2 is 1.88 bits per heavy atom. The number of amides is 1. The van der Waals surface area contributed by atoms with Gasteiger partial charge in [0.25, 0.3) is 0 Å². The van der Waals surface area contributed by atoms with Crippen LogP contribution in [0.1, 0.15) is 45.0 Å². The van der Waals surface area contributed by atoms with Gasteiger partial charge in [0.05, 0.1) is 5.56 Å². The molecule has 2 heterocycles. The highest BCUT2D eigenvalue weighted by atomic mass is 16.6. The average Bonchev–Trinajstić information content (AvgIpc) is 2.47. The lowest BCUT2D eigenvalue weighted by Gasteiger charge is -2.44. The lowest BCUT2D eigenvalue weighted by molar-refractivity contribution is 0.0129. The van der Waals surface area contributed by atoms with Crippen LogP contribution in [0.4, 0.5) is 10.6 Å². The van der Waals surface area contributed by atoms with Crippen molar-refractivity contribution in [1.29, 1.82) is 0 Å². The molecule has 1 saturated heterocycles. The molecule has 1 N–H and O–H groups in total. The first-order chi connectivity index (χ1) is 11.1. The first kappa shape index (κ1) is 18.0. The molecule has 0 spiro atoms. The number of piperazine rings is 1. The van der Waals surface area contributed by atoms with E-state index in [1.165, 1.54) is 6.20 Å². The molecule has 0 bridgehead atoms. The van der Waals surface area contributed by atoms with Crippen molar-refractivity contribution in [3.8, 4) is 0 Å². The molecule has 0 unspecified atom stereocenters. The van der Waals surface area contributed by atoms with Crippen LogP contribution in [0.3, 0.4) is 0 Å². The van der Waals surface area contributed by atoms with Crippen molar-refractivity contribution in [2.45, 2.75) is 52.3 Å². The fourth-order valence-corrected chi connectivity index (χ4v) is 2.70. The molecule has 0 saturated carbocycles. The molecule has 1 aromatic rings. The monoisotopic (exact) mass is 335 g/mol. The minimum absolute atomic E-state index is 0.0306. The summed E-state index contributed by atoms with van der Waals surface area (Å²) < 4.78 is 5.47. The number of ether oxygens (including phenoxy) is 1. The van der Waals surface area contributed by atoms with Crippen molar-refractivity contribution < 1.29 is 19.4 Å². The van der Waals surface area contributed by atoms with Crippen LogP contribution in [0.5, 0.6) is 0 Å². The van der Waals surface area contributed by atoms with E-state index in [2.05, 4.69) is 9.88 Å². The molecule has 7 nitrogen and oxygen atoms in total. The van der Waals surface area contributed by atoms with E-state index in [0.717, 1.165) is 0 Å². The number of carboxylic acid groups (broad SMARTS) is 1. The van der Waals surface area contributed by atoms with E-state index in [4.69, 9.17) is 9.84 Å². The van der Waals surface area contributed by atoms with E-state index in [1.54, 1.807) is 17.0 Å². The summed E-state index contributed by atoms with van der Waals surface area (Å²) >= 11 is 0. The molecular formula is C17H25N3O4. The van der Waals surface area contributed by atoms with Crippen LogP contribution >= 0.6 is 0 Å². The number of anilines is 1. The van der Waals surface area contributed by atoms with Gasteiger partial charge in [-0.25, -0.2) is 14.6 Å². The molecule has 1 amide bonds. The highest BCUT2D eigenvalue weighted by Crippen LogP contribution is 2.23. The van der Waals surface area contributed by atoms with Crippen molar-refractivity contribution in [1.82, 2.24) is 9.88 Å². The predicted molar refractivity (Wildman–Crippen MR) is 90.4 cm³/mol. The maximum Gasteiger partial charge on any atom is 0.410 e. The number of pyridine rings is 1. The summed E-state index contributed by atoms with van der Waals surface area (Å²) in [5.74, 6) is -0.284. The van der Waals surface area contributed by atoms with Gasteiger partial charge in [-0.15, -0.1) is 0 Å². The SMILES string of the molecule is C[C@@H]1CN(c2ccc(C(=O)O)cn2)[C@H](C)CN1C(=O)OC(C)(C)C. The Labute approximate surface area is 142 Å². The van der Waals surface area contributed by atoms with Crippen molar-refractivity contribution in [2.24, 2.45) is 0 Å². The highest BCUT2D eigenvalue weighted by Gasteiger charge is 2.34. The zero-order valence-corrected chi connectivity index (χ0v) is 14.8. The number of hydrogen-bond acceptors (Lipinski definition) is 5. The van der Waals surface area contributed by atoms with Gasteiger partial charge in [0, 0.05) is 31.4 Å². The summed E-state index contributed by atoms with van der Waals surface area (Å²) in [6, 6.07) is 3.27. The van der Waals surface area contributed by atoms with Gasteiger partial charge in [0.15, 0.2) is 0 Å². The third-order valence-electron chi connectivity index (χ3n) is 3.90. The molecule has 24 heavy (non-hydrogen) atoms. The van der Waals surface area contributed by atoms with Gasteiger partial charge >= 0.3 is 12.1 Å². The second kappa shape index (κ2) is 6.67. The molecule has 1 aliphatic heterocycles. The Bertz CT molecular complexity index is 609. The summed E-state index contributed by atoms with van der Waals surface area (Å²) in [7, 11) is 0. The van der Waals surface area contributed by atoms with E-state index in [9.17, 15) is 9.59 Å². The van der Waals surface area contributed by atoms with Gasteiger partial charge in [0.1, 0.15) is 11.4 Å². The molecule has 0 radical (unpaired) electrons. The van der Waals surface area contributed by atoms with Crippen LogP contribution in [-0.2, 0) is 4.74 Å². The Hall–Kier alpha value is -2.31. The van der Waals surface area contributed by atoms with Gasteiger partial charge in [-0.3, -0.25) is 0 Å². The molecule has 0 aliphatic carbocycles. The van der Waals surface area contributed by atoms with Gasteiger partial charge in [-0.05, 0) is 46.8 Å². The zero-order valence-electron chi connectivity index (χ0n) is 14.8. The fraction of sp³-hybridized carbons (Fsp3) is 0.588. The average molecular weight is 335 g/mol. The van der Waals surface area contributed by atoms with Crippen LogP contribution in [-0.4, -0.2) is 57.8 Å². The topological polar surface area (TPSA) is 83.0 Å². The van der Waals surface area contributed by atoms with Crippen LogP contribution in [0.15, 0.2) is 18.3 Å². The summed E-state index contributed by atoms with van der Waals surface area (Å²) in [5.41, 5.74) is -0.363. The molecule has 1 aliphatic rings. The largest absolute Gasteiger partial charge is 0.478 e. The molecule has 1 aromatic heterocycles. The fourth-order valence-electron chi connectivity index (χ4n) is 2.70. The summed E-state index contributed by atoms with van der Waals surface area (Å²) in [6.45, 7) is 10.7. The molecule has 2 rings (SSSR count). The van der Waals surface area contributed by atoms with Crippen LogP contribution in [0, 0.1) is 0 Å². The molecular weight excluding hydrogens is 310 g/mol. The summed E-state index contributed by atoms with van der Waals surface area (Å²) in [4.78, 5) is 31.3. The van der Waals surface area contributed by atoms with E-state index >= 15 is 0 Å². The van der Waals surface area contributed by atoms with E-state index in [0.29, 0.717) is 18.9 Å². The molecule has 132 valence electrons. The lowest BCUT2D eigenvalue weighted by atomic mass is 10.1. The lowest BCUT2D eigenvalue weighted by Crippen LogP contribution is -2.59. The quantitative estimate of drug-likeness (QED) is 0.894. The van der Waals surface area contributed by atoms with E-state index in [-0.39, 0.29) is 23.7 Å². The molecule has 0 aromatic carbocycles. The van der Waals surface area contributed by atoms with Crippen LogP contribution < -0.4 is 4.90 Å². The second-order valence-corrected chi connectivity index (χ2v) is 7.19. The number of aromatic carboxylic acids is 1. The number of nitrogens with zero attached hydrogens (tertiary/aromatic N) is 3. The first-order valence-corrected chi connectivity index (χ1v) is 8.04. The number of carbonyl (C=O) groups is 2. The number of aromatic nitrogens is 1. The van der Waals surface area contributed by atoms with Crippen molar-refractivity contribution in [3.05, 3.63) is 23.9 Å². The maximum absolute atomic E-state index is 12.3. The smallest absolute Gasteiger partial charge is 0.410 e. The van der Waals surface area contributed by atoms with Gasteiger partial charge in [0.2, 0.25) is 0 Å². The summed E-state index contributed by atoms with van der Waals surface area (Å²) in [5, 5.41) is 8.96. The Morgan fingerprint density at radius 3 is 2.38 bits per heavy atom. The molecule has 2 atom stereocenters. The van der Waals surface area contributed by atoms with Crippen molar-refractivity contribution in [3.63, 3.8) is 0 Å². The van der Waals surface area contributed by atoms with Gasteiger partial charge < -0.3 is 19.6 Å². The Morgan fingerprint density at radius 1 is 1.21 bits per heavy atom. The van der Waals surface area contributed by atoms with Crippen molar-refractivity contribution >= 4 is 17.9 Å². The van der Waals surface area contributed by atoms with Crippen molar-refractivity contribution in [2.75, 3.05) is 18.0 Å². The van der Waals surface area contributed by atoms with Crippen LogP contribution in [0.2, 0.25) is 0 Å². The third-order valence-corrected chi connectivity index (χ3v) is 3.90. The number of hydrogen-bond donors (Lipinski definition) is 1. The van der Waals surface area contributed by atoms with Gasteiger partial charge in [-0.1, -0.05) is 0 Å². The third kappa shape index (κ3) is 4.15. The number of carbonyl (C=O) groups excluding carboxylic acids is 1. The number of rotatable bonds is 2. The standard InChI is InChI=1S/C17H25N3O4/c1-11-10-20(16(23)24-17(3,4)5)12(2)9-19(11)14-7-6-13(8-18-14)15(21)22/h6-8,11-12H,9-10H2,1-5H3,(H,21,22)/t11-,12-/m1/s1. The zero-order chi connectivity index (χ0) is 18.1. The summed E-state index contributed by atoms with van der Waals surface area (Å²) in [6.07, 6.45) is 1.05. The second-order valence-electron chi connectivity index (χ2n) is 7.19. The Kier molecular flexibility index (Phi) is 5.01. The highest BCUT2D eigenvalue weighted by molar-refractivity contribution is 5.87.